The molecule has 2 aromatic rings. The molecule has 0 saturated carbocycles. The van der Waals surface area contributed by atoms with E-state index < -0.39 is 0 Å². The van der Waals surface area contributed by atoms with Crippen molar-refractivity contribution in [2.24, 2.45) is 5.41 Å². The number of aryl methyl sites for hydroxylation is 2. The molecule has 3 nitrogen and oxygen atoms in total. The summed E-state index contributed by atoms with van der Waals surface area (Å²) in [6.07, 6.45) is 5.25. The van der Waals surface area contributed by atoms with Gasteiger partial charge in [0.25, 0.3) is 0 Å². The van der Waals surface area contributed by atoms with Gasteiger partial charge in [-0.1, -0.05) is 13.8 Å². The fourth-order valence-corrected chi connectivity index (χ4v) is 3.18. The van der Waals surface area contributed by atoms with Gasteiger partial charge in [-0.15, -0.1) is 0 Å². The predicted octanol–water partition coefficient (Wildman–Crippen LogP) is 3.64. The summed E-state index contributed by atoms with van der Waals surface area (Å²) in [5.74, 6) is 0.264. The van der Waals surface area contributed by atoms with Gasteiger partial charge < -0.3 is 4.57 Å². The molecule has 0 spiro atoms. The second kappa shape index (κ2) is 4.30. The molecule has 0 amide bonds. The number of hydrogen-bond donors (Lipinski definition) is 0. The number of Topliss-reactive ketones (excluding diaryl/α,β-unsaturated/α-hetero) is 1. The number of hydrogen-bond acceptors (Lipinski definition) is 2. The summed E-state index contributed by atoms with van der Waals surface area (Å²) in [6, 6.07) is 4.04. The second-order valence-corrected chi connectivity index (χ2v) is 6.58. The Morgan fingerprint density at radius 1 is 1.25 bits per heavy atom. The quantitative estimate of drug-likeness (QED) is 0.791. The Bertz CT molecular complexity index is 695. The predicted molar refractivity (Wildman–Crippen MR) is 79.5 cm³/mol. The molecular weight excluding hydrogens is 248 g/mol. The highest BCUT2D eigenvalue weighted by atomic mass is 16.1. The van der Waals surface area contributed by atoms with E-state index in [4.69, 9.17) is 0 Å². The molecule has 0 aliphatic heterocycles. The van der Waals surface area contributed by atoms with Crippen LogP contribution >= 0.6 is 0 Å². The van der Waals surface area contributed by atoms with Gasteiger partial charge in [0.1, 0.15) is 0 Å². The highest BCUT2D eigenvalue weighted by Crippen LogP contribution is 2.37. The summed E-state index contributed by atoms with van der Waals surface area (Å²) in [6.45, 7) is 8.47. The lowest BCUT2D eigenvalue weighted by atomic mass is 9.76. The maximum Gasteiger partial charge on any atom is 0.165 e. The van der Waals surface area contributed by atoms with Crippen LogP contribution in [0.25, 0.3) is 5.69 Å². The van der Waals surface area contributed by atoms with Crippen LogP contribution in [0.2, 0.25) is 0 Å². The molecule has 20 heavy (non-hydrogen) atoms. The standard InChI is InChI=1S/C17H20N2O/c1-11-5-6-18-10-15(11)19-12(2)7-13-14(19)8-17(3,4)9-16(13)20/h5-7,10H,8-9H2,1-4H3. The average Bonchev–Trinajstić information content (AvgIpc) is 2.66. The molecule has 1 aliphatic rings. The lowest BCUT2D eigenvalue weighted by molar-refractivity contribution is 0.0911. The van der Waals surface area contributed by atoms with Crippen molar-refractivity contribution in [2.45, 2.75) is 40.5 Å². The fraction of sp³-hybridized carbons (Fsp3) is 0.412. The smallest absolute Gasteiger partial charge is 0.165 e. The minimum absolute atomic E-state index is 0.0305. The Hall–Kier alpha value is -1.90. The van der Waals surface area contributed by atoms with Crippen LogP contribution in [-0.4, -0.2) is 15.3 Å². The van der Waals surface area contributed by atoms with E-state index in [0.717, 1.165) is 29.1 Å². The summed E-state index contributed by atoms with van der Waals surface area (Å²) >= 11 is 0. The van der Waals surface area contributed by atoms with E-state index in [0.29, 0.717) is 6.42 Å². The first-order valence-electron chi connectivity index (χ1n) is 7.04. The number of carbonyl (C=O) groups is 1. The zero-order valence-corrected chi connectivity index (χ0v) is 12.5. The number of rotatable bonds is 1. The van der Waals surface area contributed by atoms with Gasteiger partial charge in [-0.2, -0.15) is 0 Å². The normalized spacial score (nSPS) is 17.1. The van der Waals surface area contributed by atoms with Crippen LogP contribution < -0.4 is 0 Å². The van der Waals surface area contributed by atoms with Crippen LogP contribution in [0.15, 0.2) is 24.5 Å². The molecule has 2 heterocycles. The van der Waals surface area contributed by atoms with Crippen LogP contribution in [-0.2, 0) is 6.42 Å². The third kappa shape index (κ3) is 1.98. The molecule has 0 saturated heterocycles. The van der Waals surface area contributed by atoms with Gasteiger partial charge in [0, 0.05) is 29.6 Å². The Morgan fingerprint density at radius 2 is 2.00 bits per heavy atom. The number of carbonyl (C=O) groups excluding carboxylic acids is 1. The topological polar surface area (TPSA) is 34.9 Å². The van der Waals surface area contributed by atoms with E-state index in [1.165, 1.54) is 5.56 Å². The third-order valence-corrected chi connectivity index (χ3v) is 4.12. The zero-order chi connectivity index (χ0) is 14.5. The van der Waals surface area contributed by atoms with E-state index in [2.05, 4.69) is 37.2 Å². The molecule has 0 unspecified atom stereocenters. The molecule has 3 heteroatoms. The number of nitrogens with zero attached hydrogens (tertiary/aromatic N) is 2. The molecule has 0 N–H and O–H groups in total. The van der Waals surface area contributed by atoms with Gasteiger partial charge in [-0.25, -0.2) is 0 Å². The molecule has 0 fully saturated rings. The number of ketones is 1. The minimum Gasteiger partial charge on any atom is -0.316 e. The van der Waals surface area contributed by atoms with Crippen LogP contribution in [0.3, 0.4) is 0 Å². The van der Waals surface area contributed by atoms with Crippen LogP contribution in [0.4, 0.5) is 0 Å². The summed E-state index contributed by atoms with van der Waals surface area (Å²) in [5.41, 5.74) is 5.43. The highest BCUT2D eigenvalue weighted by molar-refractivity contribution is 5.99. The Labute approximate surface area is 119 Å². The fourth-order valence-electron chi connectivity index (χ4n) is 3.18. The van der Waals surface area contributed by atoms with Crippen molar-refractivity contribution >= 4 is 5.78 Å². The van der Waals surface area contributed by atoms with Gasteiger partial charge in [-0.3, -0.25) is 9.78 Å². The first-order valence-corrected chi connectivity index (χ1v) is 7.04. The molecule has 2 aromatic heterocycles. The Morgan fingerprint density at radius 3 is 2.70 bits per heavy atom. The van der Waals surface area contributed by atoms with E-state index >= 15 is 0 Å². The molecule has 0 aromatic carbocycles. The van der Waals surface area contributed by atoms with Crippen LogP contribution in [0, 0.1) is 19.3 Å². The van der Waals surface area contributed by atoms with Crippen molar-refractivity contribution in [1.82, 2.24) is 9.55 Å². The van der Waals surface area contributed by atoms with E-state index in [-0.39, 0.29) is 11.2 Å². The maximum absolute atomic E-state index is 12.4. The summed E-state index contributed by atoms with van der Waals surface area (Å²) < 4.78 is 2.20. The number of aromatic nitrogens is 2. The third-order valence-electron chi connectivity index (χ3n) is 4.12. The lowest BCUT2D eigenvalue weighted by Gasteiger charge is -2.30. The van der Waals surface area contributed by atoms with Gasteiger partial charge in [0.15, 0.2) is 5.78 Å². The summed E-state index contributed by atoms with van der Waals surface area (Å²) in [7, 11) is 0. The van der Waals surface area contributed by atoms with Crippen molar-refractivity contribution in [2.75, 3.05) is 0 Å². The second-order valence-electron chi connectivity index (χ2n) is 6.58. The summed E-state index contributed by atoms with van der Waals surface area (Å²) in [4.78, 5) is 16.6. The number of pyridine rings is 1. The molecule has 0 radical (unpaired) electrons. The largest absolute Gasteiger partial charge is 0.316 e. The van der Waals surface area contributed by atoms with Gasteiger partial charge in [0.05, 0.1) is 11.9 Å². The van der Waals surface area contributed by atoms with Crippen molar-refractivity contribution in [1.29, 1.82) is 0 Å². The van der Waals surface area contributed by atoms with E-state index in [1.807, 2.05) is 18.3 Å². The number of fused-ring (bicyclic) bond motifs is 1. The van der Waals surface area contributed by atoms with Crippen molar-refractivity contribution < 1.29 is 4.79 Å². The SMILES string of the molecule is Cc1ccncc1-n1c(C)cc2c1CC(C)(C)CC2=O. The average molecular weight is 268 g/mol. The zero-order valence-electron chi connectivity index (χ0n) is 12.5. The van der Waals surface area contributed by atoms with Crippen LogP contribution in [0.5, 0.6) is 0 Å². The van der Waals surface area contributed by atoms with Gasteiger partial charge in [-0.05, 0) is 43.4 Å². The van der Waals surface area contributed by atoms with Crippen LogP contribution in [0.1, 0.15) is 47.6 Å². The van der Waals surface area contributed by atoms with Gasteiger partial charge in [0.2, 0.25) is 0 Å². The first-order chi connectivity index (χ1) is 9.39. The van der Waals surface area contributed by atoms with E-state index in [9.17, 15) is 4.79 Å². The summed E-state index contributed by atoms with van der Waals surface area (Å²) in [5, 5.41) is 0. The van der Waals surface area contributed by atoms with Crippen molar-refractivity contribution in [3.05, 3.63) is 47.0 Å². The molecule has 104 valence electrons. The molecule has 0 bridgehead atoms. The molecule has 0 atom stereocenters. The van der Waals surface area contributed by atoms with Crippen molar-refractivity contribution in [3.63, 3.8) is 0 Å². The minimum atomic E-state index is 0.0305. The Kier molecular flexibility index (Phi) is 2.82. The monoisotopic (exact) mass is 268 g/mol. The van der Waals surface area contributed by atoms with Crippen molar-refractivity contribution in [3.8, 4) is 5.69 Å². The van der Waals surface area contributed by atoms with Gasteiger partial charge >= 0.3 is 0 Å². The van der Waals surface area contributed by atoms with E-state index in [1.54, 1.807) is 6.20 Å². The highest BCUT2D eigenvalue weighted by Gasteiger charge is 2.34. The maximum atomic E-state index is 12.4. The first kappa shape index (κ1) is 13.1. The molecule has 3 rings (SSSR count). The lowest BCUT2D eigenvalue weighted by Crippen LogP contribution is -2.28. The molecular formula is C17H20N2O. The molecule has 1 aliphatic carbocycles. The Balaban J connectivity index is 2.24.